The van der Waals surface area contributed by atoms with Gasteiger partial charge in [-0.15, -0.1) is 0 Å². The topological polar surface area (TPSA) is 103 Å². The highest BCUT2D eigenvalue weighted by atomic mass is 16.2. The highest BCUT2D eigenvalue weighted by Crippen LogP contribution is 2.21. The van der Waals surface area contributed by atoms with Crippen molar-refractivity contribution in [1.82, 2.24) is 19.9 Å². The van der Waals surface area contributed by atoms with Crippen LogP contribution in [0.2, 0.25) is 0 Å². The van der Waals surface area contributed by atoms with E-state index in [0.29, 0.717) is 36.1 Å². The number of hydrogen-bond donors (Lipinski definition) is 3. The first-order chi connectivity index (χ1) is 16.7. The number of pyridine rings is 2. The summed E-state index contributed by atoms with van der Waals surface area (Å²) in [6, 6.07) is 15.2. The minimum Gasteiger partial charge on any atom is -0.381 e. The molecule has 0 saturated carbocycles. The normalized spacial score (nSPS) is 14.2. The molecule has 1 amide bonds. The van der Waals surface area contributed by atoms with Crippen LogP contribution in [-0.4, -0.2) is 57.2 Å². The zero-order valence-electron chi connectivity index (χ0n) is 18.7. The number of nitrogens with one attached hydrogen (secondary N) is 3. The van der Waals surface area contributed by atoms with Gasteiger partial charge in [0.05, 0.1) is 17.8 Å². The lowest BCUT2D eigenvalue weighted by Gasteiger charge is -2.33. The minimum atomic E-state index is -0.137. The van der Waals surface area contributed by atoms with Crippen LogP contribution < -0.4 is 10.6 Å². The molecule has 3 aromatic heterocycles. The molecule has 4 aromatic rings. The van der Waals surface area contributed by atoms with Gasteiger partial charge in [0.2, 0.25) is 5.91 Å². The van der Waals surface area contributed by atoms with Gasteiger partial charge in [0, 0.05) is 55.0 Å². The van der Waals surface area contributed by atoms with Crippen LogP contribution in [0.3, 0.4) is 0 Å². The fourth-order valence-corrected chi connectivity index (χ4v) is 4.30. The van der Waals surface area contributed by atoms with Gasteiger partial charge in [-0.3, -0.25) is 14.6 Å². The predicted octanol–water partition coefficient (Wildman–Crippen LogP) is 3.70. The number of aromatic nitrogens is 3. The first-order valence-corrected chi connectivity index (χ1v) is 11.4. The van der Waals surface area contributed by atoms with Crippen molar-refractivity contribution in [1.29, 1.82) is 0 Å². The summed E-state index contributed by atoms with van der Waals surface area (Å²) in [6.45, 7) is 1.46. The number of hydrogen-bond acceptors (Lipinski definition) is 6. The number of aromatic amines is 1. The van der Waals surface area contributed by atoms with Crippen LogP contribution in [0.1, 0.15) is 28.8 Å². The molecule has 4 heterocycles. The maximum absolute atomic E-state index is 13.2. The van der Waals surface area contributed by atoms with Crippen molar-refractivity contribution in [3.63, 3.8) is 0 Å². The zero-order chi connectivity index (χ0) is 23.3. The van der Waals surface area contributed by atoms with Gasteiger partial charge in [-0.25, -0.2) is 4.98 Å². The number of amides is 1. The summed E-state index contributed by atoms with van der Waals surface area (Å²) in [7, 11) is 0. The number of fused-ring (bicyclic) bond motifs is 1. The average Bonchev–Trinajstić information content (AvgIpc) is 3.36. The summed E-state index contributed by atoms with van der Waals surface area (Å²) < 4.78 is 0. The number of benzene rings is 1. The van der Waals surface area contributed by atoms with E-state index in [1.165, 1.54) is 0 Å². The number of carbonyl (C=O) groups excluding carboxylic acids is 2. The molecule has 1 saturated heterocycles. The van der Waals surface area contributed by atoms with E-state index in [1.54, 1.807) is 24.5 Å². The maximum atomic E-state index is 13.2. The van der Waals surface area contributed by atoms with Gasteiger partial charge in [-0.1, -0.05) is 12.1 Å². The molecule has 0 aliphatic carbocycles. The highest BCUT2D eigenvalue weighted by molar-refractivity contribution is 6.13. The maximum Gasteiger partial charge on any atom is 0.241 e. The number of likely N-dealkylation sites (tertiary alicyclic amines) is 1. The number of carbonyl (C=O) groups is 2. The molecule has 8 heteroatoms. The molecule has 5 rings (SSSR count). The van der Waals surface area contributed by atoms with Gasteiger partial charge in [0.15, 0.2) is 5.78 Å². The lowest BCUT2D eigenvalue weighted by Crippen LogP contribution is -2.44. The molecule has 0 atom stereocenters. The largest absolute Gasteiger partial charge is 0.381 e. The molecule has 1 fully saturated rings. The van der Waals surface area contributed by atoms with E-state index < -0.39 is 0 Å². The monoisotopic (exact) mass is 454 g/mol. The van der Waals surface area contributed by atoms with Gasteiger partial charge in [0.1, 0.15) is 5.82 Å². The molecule has 0 spiro atoms. The second-order valence-electron chi connectivity index (χ2n) is 8.40. The quantitative estimate of drug-likeness (QED) is 0.368. The van der Waals surface area contributed by atoms with E-state index in [0.717, 1.165) is 29.4 Å². The summed E-state index contributed by atoms with van der Waals surface area (Å²) >= 11 is 0. The summed E-state index contributed by atoms with van der Waals surface area (Å²) in [5.74, 6) is 0.277. The second kappa shape index (κ2) is 9.74. The van der Waals surface area contributed by atoms with Crippen molar-refractivity contribution < 1.29 is 9.59 Å². The lowest BCUT2D eigenvalue weighted by atomic mass is 10.0. The fraction of sp³-hybridized carbons (Fsp3) is 0.231. The predicted molar refractivity (Wildman–Crippen MR) is 132 cm³/mol. The van der Waals surface area contributed by atoms with E-state index in [1.807, 2.05) is 53.7 Å². The van der Waals surface area contributed by atoms with Gasteiger partial charge in [-0.2, -0.15) is 0 Å². The van der Waals surface area contributed by atoms with Crippen LogP contribution in [0, 0.1) is 0 Å². The van der Waals surface area contributed by atoms with E-state index >= 15 is 0 Å². The molecule has 1 aliphatic heterocycles. The molecule has 0 radical (unpaired) electrons. The zero-order valence-corrected chi connectivity index (χ0v) is 18.7. The Morgan fingerprint density at radius 3 is 2.74 bits per heavy atom. The third-order valence-corrected chi connectivity index (χ3v) is 6.16. The third-order valence-electron chi connectivity index (χ3n) is 6.16. The van der Waals surface area contributed by atoms with Crippen LogP contribution in [-0.2, 0) is 4.79 Å². The minimum absolute atomic E-state index is 0.00307. The molecule has 1 aliphatic rings. The standard InChI is InChI=1S/C26H26N6O2/c33-24(32-13-8-20(9-14-32)31-21-3-1-10-27-16-21)17-30-26-22(4-2-11-29-26)25(34)19-6-5-18-7-12-28-23(18)15-19/h1-7,10-12,15-16,20,28,31H,8-9,13-14,17H2,(H,29,30). The van der Waals surface area contributed by atoms with E-state index in [9.17, 15) is 9.59 Å². The van der Waals surface area contributed by atoms with E-state index in [4.69, 9.17) is 0 Å². The molecule has 8 nitrogen and oxygen atoms in total. The van der Waals surface area contributed by atoms with Crippen molar-refractivity contribution in [3.05, 3.63) is 84.4 Å². The van der Waals surface area contributed by atoms with Crippen molar-refractivity contribution in [2.45, 2.75) is 18.9 Å². The lowest BCUT2D eigenvalue weighted by molar-refractivity contribution is -0.130. The van der Waals surface area contributed by atoms with Crippen LogP contribution in [0.15, 0.2) is 73.3 Å². The number of anilines is 2. The van der Waals surface area contributed by atoms with Crippen LogP contribution in [0.4, 0.5) is 11.5 Å². The first-order valence-electron chi connectivity index (χ1n) is 11.4. The van der Waals surface area contributed by atoms with E-state index in [-0.39, 0.29) is 18.2 Å². The van der Waals surface area contributed by atoms with Crippen molar-refractivity contribution >= 4 is 34.1 Å². The Balaban J connectivity index is 1.19. The van der Waals surface area contributed by atoms with Gasteiger partial charge < -0.3 is 20.5 Å². The SMILES string of the molecule is O=C(c1ccc2cc[nH]c2c1)c1cccnc1NCC(=O)N1CCC(Nc2cccnc2)CC1. The van der Waals surface area contributed by atoms with Crippen molar-refractivity contribution in [2.75, 3.05) is 30.3 Å². The Kier molecular flexibility index (Phi) is 6.20. The number of ketones is 1. The highest BCUT2D eigenvalue weighted by Gasteiger charge is 2.23. The molecule has 0 unspecified atom stereocenters. The number of nitrogens with zero attached hydrogens (tertiary/aromatic N) is 3. The summed E-state index contributed by atoms with van der Waals surface area (Å²) in [5, 5.41) is 7.61. The Morgan fingerprint density at radius 1 is 1.06 bits per heavy atom. The van der Waals surface area contributed by atoms with Gasteiger partial charge in [0.25, 0.3) is 0 Å². The van der Waals surface area contributed by atoms with Gasteiger partial charge >= 0.3 is 0 Å². The third kappa shape index (κ3) is 4.76. The number of piperidine rings is 1. The number of H-pyrrole nitrogens is 1. The van der Waals surface area contributed by atoms with Crippen LogP contribution >= 0.6 is 0 Å². The Labute approximate surface area is 197 Å². The molecule has 34 heavy (non-hydrogen) atoms. The molecular weight excluding hydrogens is 428 g/mol. The molecule has 3 N–H and O–H groups in total. The Morgan fingerprint density at radius 2 is 1.91 bits per heavy atom. The number of rotatable bonds is 7. The van der Waals surface area contributed by atoms with E-state index in [2.05, 4.69) is 25.6 Å². The molecule has 172 valence electrons. The van der Waals surface area contributed by atoms with Crippen molar-refractivity contribution in [2.24, 2.45) is 0 Å². The average molecular weight is 455 g/mol. The first kappa shape index (κ1) is 21.6. The summed E-state index contributed by atoms with van der Waals surface area (Å²) in [5.41, 5.74) is 2.92. The second-order valence-corrected chi connectivity index (χ2v) is 8.40. The molecule has 1 aromatic carbocycles. The smallest absolute Gasteiger partial charge is 0.241 e. The fourth-order valence-electron chi connectivity index (χ4n) is 4.30. The molecular formula is C26H26N6O2. The van der Waals surface area contributed by atoms with Crippen LogP contribution in [0.5, 0.6) is 0 Å². The van der Waals surface area contributed by atoms with Gasteiger partial charge in [-0.05, 0) is 54.6 Å². The Hall–Kier alpha value is -4.20. The summed E-state index contributed by atoms with van der Waals surface area (Å²) in [6.07, 6.45) is 8.76. The Bertz CT molecular complexity index is 1290. The molecule has 0 bridgehead atoms. The summed E-state index contributed by atoms with van der Waals surface area (Å²) in [4.78, 5) is 39.4. The van der Waals surface area contributed by atoms with Crippen molar-refractivity contribution in [3.8, 4) is 0 Å². The van der Waals surface area contributed by atoms with Crippen LogP contribution in [0.25, 0.3) is 10.9 Å².